The highest BCUT2D eigenvalue weighted by Crippen LogP contribution is 2.27. The molecule has 1 aliphatic heterocycles. The Labute approximate surface area is 194 Å². The average Bonchev–Trinajstić information content (AvgIpc) is 3.19. The number of ether oxygens (including phenoxy) is 1. The van der Waals surface area contributed by atoms with E-state index in [0.717, 1.165) is 55.6 Å². The van der Waals surface area contributed by atoms with Crippen molar-refractivity contribution in [3.8, 4) is 0 Å². The lowest BCUT2D eigenvalue weighted by atomic mass is 9.91. The molecule has 0 spiro atoms. The fourth-order valence-corrected chi connectivity index (χ4v) is 4.05. The molecule has 6 nitrogen and oxygen atoms in total. The molecular formula is C26H43N3O3. The molecule has 32 heavy (non-hydrogen) atoms. The smallest absolute Gasteiger partial charge is 0.224 e. The zero-order chi connectivity index (χ0) is 23.7. The van der Waals surface area contributed by atoms with Gasteiger partial charge in [0, 0.05) is 58.0 Å². The molecule has 0 aliphatic carbocycles. The molecule has 1 fully saturated rings. The van der Waals surface area contributed by atoms with Crippen LogP contribution in [0.2, 0.25) is 0 Å². The van der Waals surface area contributed by atoms with E-state index in [0.29, 0.717) is 25.9 Å². The Morgan fingerprint density at radius 3 is 2.53 bits per heavy atom. The van der Waals surface area contributed by atoms with Crippen molar-refractivity contribution in [1.82, 2.24) is 4.90 Å². The zero-order valence-electron chi connectivity index (χ0n) is 21.0. The van der Waals surface area contributed by atoms with Crippen molar-refractivity contribution in [2.75, 3.05) is 37.5 Å². The van der Waals surface area contributed by atoms with Crippen LogP contribution in [0.15, 0.2) is 18.2 Å². The van der Waals surface area contributed by atoms with E-state index in [1.165, 1.54) is 0 Å². The number of carbonyl (C=O) groups is 2. The predicted molar refractivity (Wildman–Crippen MR) is 132 cm³/mol. The lowest BCUT2D eigenvalue weighted by molar-refractivity contribution is -0.135. The number of benzene rings is 1. The van der Waals surface area contributed by atoms with E-state index in [-0.39, 0.29) is 23.3 Å². The van der Waals surface area contributed by atoms with Crippen LogP contribution >= 0.6 is 0 Å². The summed E-state index contributed by atoms with van der Waals surface area (Å²) in [6.45, 7) is 10.3. The van der Waals surface area contributed by atoms with Gasteiger partial charge in [-0.3, -0.25) is 9.59 Å². The van der Waals surface area contributed by atoms with Gasteiger partial charge in [0.1, 0.15) is 0 Å². The van der Waals surface area contributed by atoms with Crippen molar-refractivity contribution < 1.29 is 14.3 Å². The largest absolute Gasteiger partial charge is 0.377 e. The first-order valence-corrected chi connectivity index (χ1v) is 12.1. The highest BCUT2D eigenvalue weighted by atomic mass is 16.5. The van der Waals surface area contributed by atoms with E-state index in [4.69, 9.17) is 4.74 Å². The Hall–Kier alpha value is -2.08. The van der Waals surface area contributed by atoms with Crippen molar-refractivity contribution in [1.29, 1.82) is 0 Å². The number of nitrogens with one attached hydrogen (secondary N) is 1. The lowest BCUT2D eigenvalue weighted by Gasteiger charge is -2.30. The van der Waals surface area contributed by atoms with Crippen LogP contribution in [-0.4, -0.2) is 50.1 Å². The van der Waals surface area contributed by atoms with Gasteiger partial charge in [-0.1, -0.05) is 40.5 Å². The van der Waals surface area contributed by atoms with Crippen molar-refractivity contribution in [3.05, 3.63) is 23.8 Å². The maximum Gasteiger partial charge on any atom is 0.224 e. The van der Waals surface area contributed by atoms with Crippen molar-refractivity contribution >= 4 is 23.2 Å². The summed E-state index contributed by atoms with van der Waals surface area (Å²) >= 11 is 0. The molecular weight excluding hydrogens is 402 g/mol. The summed E-state index contributed by atoms with van der Waals surface area (Å²) in [6.07, 6.45) is 6.23. The standard InChI is InChI=1S/C26H43N3O3/c1-7-8-9-12-24(30)27-21-13-14-23(28(5)6)20(16-21)18-29(19-22-11-10-15-32-22)25(31)17-26(2,3)4/h13-14,16,22H,7-12,15,17-19H2,1-6H3,(H,27,30)/t22-/m0/s1. The van der Waals surface area contributed by atoms with Crippen molar-refractivity contribution in [2.45, 2.75) is 85.3 Å². The third-order valence-corrected chi connectivity index (χ3v) is 5.70. The summed E-state index contributed by atoms with van der Waals surface area (Å²) in [4.78, 5) is 29.6. The molecule has 2 rings (SSSR count). The molecule has 1 heterocycles. The zero-order valence-corrected chi connectivity index (χ0v) is 21.0. The maximum absolute atomic E-state index is 13.2. The van der Waals surface area contributed by atoms with Crippen molar-refractivity contribution in [3.63, 3.8) is 0 Å². The second-order valence-corrected chi connectivity index (χ2v) is 10.4. The lowest BCUT2D eigenvalue weighted by Crippen LogP contribution is -2.38. The molecule has 1 atom stereocenters. The van der Waals surface area contributed by atoms with Crippen LogP contribution in [0.1, 0.15) is 78.2 Å². The second kappa shape index (κ2) is 12.2. The van der Waals surface area contributed by atoms with E-state index in [9.17, 15) is 9.59 Å². The minimum Gasteiger partial charge on any atom is -0.377 e. The molecule has 1 saturated heterocycles. The van der Waals surface area contributed by atoms with E-state index in [1.807, 2.05) is 37.2 Å². The molecule has 2 amide bonds. The Kier molecular flexibility index (Phi) is 10.0. The SMILES string of the molecule is CCCCCC(=O)Nc1ccc(N(C)C)c(CN(C[C@@H]2CCCO2)C(=O)CC(C)(C)C)c1. The van der Waals surface area contributed by atoms with Gasteiger partial charge in [0.25, 0.3) is 0 Å². The van der Waals surface area contributed by atoms with E-state index >= 15 is 0 Å². The first-order valence-electron chi connectivity index (χ1n) is 12.1. The number of nitrogens with zero attached hydrogens (tertiary/aromatic N) is 2. The number of hydrogen-bond donors (Lipinski definition) is 1. The van der Waals surface area contributed by atoms with Crippen molar-refractivity contribution in [2.24, 2.45) is 5.41 Å². The van der Waals surface area contributed by atoms with Crippen LogP contribution < -0.4 is 10.2 Å². The van der Waals surface area contributed by atoms with Gasteiger partial charge in [0.15, 0.2) is 0 Å². The van der Waals surface area contributed by atoms with E-state index in [2.05, 4.69) is 37.9 Å². The molecule has 0 unspecified atom stereocenters. The van der Waals surface area contributed by atoms with Gasteiger partial charge in [-0.25, -0.2) is 0 Å². The fourth-order valence-electron chi connectivity index (χ4n) is 4.05. The topological polar surface area (TPSA) is 61.9 Å². The van der Waals surface area contributed by atoms with E-state index < -0.39 is 0 Å². The van der Waals surface area contributed by atoms with Crippen LogP contribution in [0, 0.1) is 5.41 Å². The molecule has 6 heteroatoms. The van der Waals surface area contributed by atoms with Gasteiger partial charge in [0.05, 0.1) is 6.10 Å². The summed E-state index contributed by atoms with van der Waals surface area (Å²) in [5.74, 6) is 0.189. The highest BCUT2D eigenvalue weighted by Gasteiger charge is 2.26. The minimum atomic E-state index is -0.0788. The molecule has 0 aromatic heterocycles. The summed E-state index contributed by atoms with van der Waals surface area (Å²) in [7, 11) is 4.01. The van der Waals surface area contributed by atoms with Crippen LogP contribution in [0.4, 0.5) is 11.4 Å². The molecule has 1 aromatic carbocycles. The number of carbonyl (C=O) groups excluding carboxylic acids is 2. The van der Waals surface area contributed by atoms with Gasteiger partial charge >= 0.3 is 0 Å². The second-order valence-electron chi connectivity index (χ2n) is 10.4. The Bertz CT molecular complexity index is 749. The molecule has 1 aromatic rings. The van der Waals surface area contributed by atoms with Crippen LogP contribution in [0.5, 0.6) is 0 Å². The van der Waals surface area contributed by atoms with Crippen LogP contribution in [0.3, 0.4) is 0 Å². The monoisotopic (exact) mass is 445 g/mol. The summed E-state index contributed by atoms with van der Waals surface area (Å²) in [6, 6.07) is 5.98. The van der Waals surface area contributed by atoms with Crippen LogP contribution in [0.25, 0.3) is 0 Å². The molecule has 0 radical (unpaired) electrons. The quantitative estimate of drug-likeness (QED) is 0.475. The highest BCUT2D eigenvalue weighted by molar-refractivity contribution is 5.91. The molecule has 1 aliphatic rings. The third kappa shape index (κ3) is 8.81. The third-order valence-electron chi connectivity index (χ3n) is 5.70. The fraction of sp³-hybridized carbons (Fsp3) is 0.692. The number of amides is 2. The first-order chi connectivity index (χ1) is 15.1. The minimum absolute atomic E-state index is 0.0435. The first kappa shape index (κ1) is 26.2. The molecule has 180 valence electrons. The Morgan fingerprint density at radius 1 is 1.19 bits per heavy atom. The number of rotatable bonds is 11. The number of unbranched alkanes of at least 4 members (excludes halogenated alkanes) is 2. The van der Waals surface area contributed by atoms with Gasteiger partial charge < -0.3 is 19.9 Å². The van der Waals surface area contributed by atoms with E-state index in [1.54, 1.807) is 0 Å². The predicted octanol–water partition coefficient (Wildman–Crippen LogP) is 5.22. The van der Waals surface area contributed by atoms with Gasteiger partial charge in [-0.05, 0) is 48.4 Å². The van der Waals surface area contributed by atoms with Gasteiger partial charge in [-0.2, -0.15) is 0 Å². The molecule has 0 bridgehead atoms. The average molecular weight is 446 g/mol. The molecule has 0 saturated carbocycles. The number of anilines is 2. The maximum atomic E-state index is 13.2. The van der Waals surface area contributed by atoms with Crippen LogP contribution in [-0.2, 0) is 20.9 Å². The van der Waals surface area contributed by atoms with Gasteiger partial charge in [-0.15, -0.1) is 0 Å². The Morgan fingerprint density at radius 2 is 1.94 bits per heavy atom. The summed E-state index contributed by atoms with van der Waals surface area (Å²) in [5.41, 5.74) is 2.79. The summed E-state index contributed by atoms with van der Waals surface area (Å²) < 4.78 is 5.84. The summed E-state index contributed by atoms with van der Waals surface area (Å²) in [5, 5.41) is 3.04. The molecule has 1 N–H and O–H groups in total. The Balaban J connectivity index is 2.22. The number of hydrogen-bond acceptors (Lipinski definition) is 4. The normalized spacial score (nSPS) is 16.1. The van der Waals surface area contributed by atoms with Gasteiger partial charge in [0.2, 0.25) is 11.8 Å².